The van der Waals surface area contributed by atoms with Crippen LogP contribution in [0.1, 0.15) is 11.1 Å². The minimum absolute atomic E-state index is 0.558. The highest BCUT2D eigenvalue weighted by molar-refractivity contribution is 5.54. The van der Waals surface area contributed by atoms with Gasteiger partial charge in [0.05, 0.1) is 13.3 Å². The van der Waals surface area contributed by atoms with Crippen LogP contribution in [0.2, 0.25) is 0 Å². The van der Waals surface area contributed by atoms with Crippen molar-refractivity contribution < 1.29 is 14.2 Å². The molecule has 1 aliphatic rings. The van der Waals surface area contributed by atoms with Gasteiger partial charge in [0.15, 0.2) is 11.5 Å². The molecule has 0 spiro atoms. The summed E-state index contributed by atoms with van der Waals surface area (Å²) in [5.41, 5.74) is 2.25. The van der Waals surface area contributed by atoms with Gasteiger partial charge in [-0.2, -0.15) is 5.10 Å². The molecule has 0 saturated carbocycles. The second kappa shape index (κ2) is 6.05. The number of hydrogen-bond donors (Lipinski definition) is 1. The summed E-state index contributed by atoms with van der Waals surface area (Å²) in [6.07, 6.45) is 3.86. The van der Waals surface area contributed by atoms with E-state index in [0.717, 1.165) is 30.0 Å². The fraction of sp³-hybridized carbons (Fsp3) is 0.400. The number of aryl methyl sites for hydroxylation is 1. The quantitative estimate of drug-likeness (QED) is 0.903. The number of ether oxygens (including phenoxy) is 3. The van der Waals surface area contributed by atoms with Crippen LogP contribution in [0.15, 0.2) is 24.5 Å². The van der Waals surface area contributed by atoms with Gasteiger partial charge >= 0.3 is 0 Å². The van der Waals surface area contributed by atoms with E-state index in [9.17, 15) is 0 Å². The van der Waals surface area contributed by atoms with Crippen molar-refractivity contribution in [2.75, 3.05) is 20.3 Å². The molecule has 0 aliphatic carbocycles. The first-order chi connectivity index (χ1) is 10.3. The summed E-state index contributed by atoms with van der Waals surface area (Å²) in [4.78, 5) is 0. The molecular formula is C15H19N3O3. The maximum Gasteiger partial charge on any atom is 0.203 e. The van der Waals surface area contributed by atoms with Crippen molar-refractivity contribution in [2.45, 2.75) is 13.1 Å². The van der Waals surface area contributed by atoms with E-state index < -0.39 is 0 Å². The van der Waals surface area contributed by atoms with Crippen LogP contribution < -0.4 is 19.5 Å². The molecule has 3 rings (SSSR count). The molecule has 1 aliphatic heterocycles. The highest BCUT2D eigenvalue weighted by Gasteiger charge is 2.18. The Morgan fingerprint density at radius 3 is 2.81 bits per heavy atom. The van der Waals surface area contributed by atoms with Crippen molar-refractivity contribution in [3.05, 3.63) is 35.7 Å². The fourth-order valence-electron chi connectivity index (χ4n) is 2.34. The van der Waals surface area contributed by atoms with Gasteiger partial charge in [0.2, 0.25) is 5.75 Å². The third-order valence-electron chi connectivity index (χ3n) is 3.30. The number of benzene rings is 1. The number of rotatable bonds is 5. The SMILES string of the molecule is COc1cc(CNCc2cnn(C)c2)cc2c1OCCO2. The lowest BCUT2D eigenvalue weighted by atomic mass is 10.1. The van der Waals surface area contributed by atoms with Gasteiger partial charge in [-0.15, -0.1) is 0 Å². The van der Waals surface area contributed by atoms with Crippen molar-refractivity contribution in [1.29, 1.82) is 0 Å². The number of aromatic nitrogens is 2. The van der Waals surface area contributed by atoms with Crippen molar-refractivity contribution in [1.82, 2.24) is 15.1 Å². The molecule has 1 N–H and O–H groups in total. The molecule has 2 aromatic rings. The van der Waals surface area contributed by atoms with E-state index in [0.29, 0.717) is 24.7 Å². The molecule has 0 saturated heterocycles. The van der Waals surface area contributed by atoms with Crippen LogP contribution in [-0.2, 0) is 20.1 Å². The van der Waals surface area contributed by atoms with Crippen molar-refractivity contribution in [3.8, 4) is 17.2 Å². The first kappa shape index (κ1) is 13.8. The van der Waals surface area contributed by atoms with Crippen molar-refractivity contribution in [3.63, 3.8) is 0 Å². The van der Waals surface area contributed by atoms with Gasteiger partial charge in [0.25, 0.3) is 0 Å². The highest BCUT2D eigenvalue weighted by atomic mass is 16.6. The zero-order valence-corrected chi connectivity index (χ0v) is 12.3. The number of methoxy groups -OCH3 is 1. The number of nitrogens with one attached hydrogen (secondary N) is 1. The topological polar surface area (TPSA) is 57.5 Å². The first-order valence-corrected chi connectivity index (χ1v) is 6.91. The Morgan fingerprint density at radius 2 is 2.05 bits per heavy atom. The Labute approximate surface area is 123 Å². The van der Waals surface area contributed by atoms with Crippen LogP contribution in [-0.4, -0.2) is 30.1 Å². The van der Waals surface area contributed by atoms with Gasteiger partial charge in [0, 0.05) is 31.9 Å². The van der Waals surface area contributed by atoms with E-state index in [1.165, 1.54) is 0 Å². The van der Waals surface area contributed by atoms with Gasteiger partial charge in [-0.3, -0.25) is 4.68 Å². The molecule has 6 heteroatoms. The number of hydrogen-bond acceptors (Lipinski definition) is 5. The largest absolute Gasteiger partial charge is 0.493 e. The second-order valence-corrected chi connectivity index (χ2v) is 4.95. The highest BCUT2D eigenvalue weighted by Crippen LogP contribution is 2.40. The first-order valence-electron chi connectivity index (χ1n) is 6.91. The van der Waals surface area contributed by atoms with Crippen LogP contribution >= 0.6 is 0 Å². The predicted molar refractivity (Wildman–Crippen MR) is 77.7 cm³/mol. The van der Waals surface area contributed by atoms with Gasteiger partial charge in [-0.1, -0.05) is 0 Å². The molecule has 2 heterocycles. The number of nitrogens with zero attached hydrogens (tertiary/aromatic N) is 2. The summed E-state index contributed by atoms with van der Waals surface area (Å²) >= 11 is 0. The van der Waals surface area contributed by atoms with Gasteiger partial charge in [0.1, 0.15) is 13.2 Å². The van der Waals surface area contributed by atoms with Gasteiger partial charge in [-0.05, 0) is 17.7 Å². The Bertz CT molecular complexity index is 607. The summed E-state index contributed by atoms with van der Waals surface area (Å²) in [6, 6.07) is 3.97. The Morgan fingerprint density at radius 1 is 1.24 bits per heavy atom. The van der Waals surface area contributed by atoms with Crippen molar-refractivity contribution in [2.24, 2.45) is 7.05 Å². The van der Waals surface area contributed by atoms with Crippen LogP contribution in [0, 0.1) is 0 Å². The Balaban J connectivity index is 1.67. The lowest BCUT2D eigenvalue weighted by molar-refractivity contribution is 0.165. The molecule has 21 heavy (non-hydrogen) atoms. The maximum absolute atomic E-state index is 5.63. The van der Waals surface area contributed by atoms with Crippen LogP contribution in [0.3, 0.4) is 0 Å². The Kier molecular flexibility index (Phi) is 3.96. The molecule has 0 radical (unpaired) electrons. The number of fused-ring (bicyclic) bond motifs is 1. The van der Waals surface area contributed by atoms with E-state index in [2.05, 4.69) is 10.4 Å². The summed E-state index contributed by atoms with van der Waals surface area (Å²) in [5.74, 6) is 2.16. The van der Waals surface area contributed by atoms with E-state index in [-0.39, 0.29) is 0 Å². The van der Waals surface area contributed by atoms with Crippen LogP contribution in [0.25, 0.3) is 0 Å². The molecule has 0 unspecified atom stereocenters. The average molecular weight is 289 g/mol. The zero-order valence-electron chi connectivity index (χ0n) is 12.3. The molecule has 0 bridgehead atoms. The molecule has 1 aromatic carbocycles. The molecule has 1 aromatic heterocycles. The normalized spacial score (nSPS) is 13.2. The van der Waals surface area contributed by atoms with E-state index >= 15 is 0 Å². The molecule has 0 fully saturated rings. The van der Waals surface area contributed by atoms with E-state index in [4.69, 9.17) is 14.2 Å². The van der Waals surface area contributed by atoms with Crippen LogP contribution in [0.4, 0.5) is 0 Å². The van der Waals surface area contributed by atoms with Gasteiger partial charge < -0.3 is 19.5 Å². The molecule has 6 nitrogen and oxygen atoms in total. The molecule has 0 atom stereocenters. The monoisotopic (exact) mass is 289 g/mol. The van der Waals surface area contributed by atoms with E-state index in [1.807, 2.05) is 31.6 Å². The summed E-state index contributed by atoms with van der Waals surface area (Å²) in [5, 5.41) is 7.53. The Hall–Kier alpha value is -2.21. The fourth-order valence-corrected chi connectivity index (χ4v) is 2.34. The standard InChI is InChI=1S/C15H19N3O3/c1-18-10-12(9-17-18)8-16-7-11-5-13(19-2)15-14(6-11)20-3-4-21-15/h5-6,9-10,16H,3-4,7-8H2,1-2H3. The third kappa shape index (κ3) is 3.11. The van der Waals surface area contributed by atoms with Crippen molar-refractivity contribution >= 4 is 0 Å². The molecule has 112 valence electrons. The average Bonchev–Trinajstić information content (AvgIpc) is 2.92. The lowest BCUT2D eigenvalue weighted by Crippen LogP contribution is -2.17. The minimum atomic E-state index is 0.558. The summed E-state index contributed by atoms with van der Waals surface area (Å²) < 4.78 is 18.4. The molecule has 0 amide bonds. The maximum atomic E-state index is 5.63. The lowest BCUT2D eigenvalue weighted by Gasteiger charge is -2.21. The smallest absolute Gasteiger partial charge is 0.203 e. The van der Waals surface area contributed by atoms with E-state index in [1.54, 1.807) is 11.8 Å². The van der Waals surface area contributed by atoms with Crippen LogP contribution in [0.5, 0.6) is 17.2 Å². The molecular weight excluding hydrogens is 270 g/mol. The predicted octanol–water partition coefficient (Wildman–Crippen LogP) is 1.49. The summed E-state index contributed by atoms with van der Waals surface area (Å²) in [7, 11) is 3.55. The minimum Gasteiger partial charge on any atom is -0.493 e. The van der Waals surface area contributed by atoms with Gasteiger partial charge in [-0.25, -0.2) is 0 Å². The second-order valence-electron chi connectivity index (χ2n) is 4.95. The third-order valence-corrected chi connectivity index (χ3v) is 3.30. The zero-order chi connectivity index (χ0) is 14.7. The summed E-state index contributed by atoms with van der Waals surface area (Å²) in [6.45, 7) is 2.62.